The average Bonchev–Trinajstić information content (AvgIpc) is 2.54. The van der Waals surface area contributed by atoms with Crippen LogP contribution in [0.3, 0.4) is 0 Å². The van der Waals surface area contributed by atoms with Crippen LogP contribution in [0.1, 0.15) is 39.0 Å². The summed E-state index contributed by atoms with van der Waals surface area (Å²) < 4.78 is 0. The van der Waals surface area contributed by atoms with Crippen molar-refractivity contribution in [1.29, 1.82) is 0 Å². The van der Waals surface area contributed by atoms with Crippen molar-refractivity contribution < 1.29 is 4.79 Å². The summed E-state index contributed by atoms with van der Waals surface area (Å²) in [5, 5.41) is 0. The van der Waals surface area contributed by atoms with E-state index in [0.29, 0.717) is 11.2 Å². The van der Waals surface area contributed by atoms with E-state index < -0.39 is 0 Å². The molecule has 0 aliphatic heterocycles. The van der Waals surface area contributed by atoms with Gasteiger partial charge in [-0.15, -0.1) is 6.58 Å². The van der Waals surface area contributed by atoms with Crippen molar-refractivity contribution in [2.45, 2.75) is 39.0 Å². The second-order valence-corrected chi connectivity index (χ2v) is 4.49. The number of Topliss-reactive ketones (excluding diaryl/α,β-unsaturated/α-hetero) is 1. The van der Waals surface area contributed by atoms with Gasteiger partial charge in [-0.05, 0) is 25.2 Å². The normalized spacial score (nSPS) is 38.2. The topological polar surface area (TPSA) is 17.1 Å². The number of ketones is 1. The summed E-state index contributed by atoms with van der Waals surface area (Å²) in [6, 6.07) is 0. The third-order valence-electron chi connectivity index (χ3n) is 4.15. The van der Waals surface area contributed by atoms with Gasteiger partial charge < -0.3 is 0 Å². The predicted octanol–water partition coefficient (Wildman–Crippen LogP) is 2.71. The summed E-state index contributed by atoms with van der Waals surface area (Å²) in [5.41, 5.74) is 0.148. The molecule has 2 saturated carbocycles. The van der Waals surface area contributed by atoms with Crippen LogP contribution in [0.5, 0.6) is 0 Å². The molecule has 0 heterocycles. The molecule has 0 N–H and O–H groups in total. The van der Waals surface area contributed by atoms with Crippen LogP contribution in [0, 0.1) is 10.8 Å². The van der Waals surface area contributed by atoms with Crippen LogP contribution in [0.2, 0.25) is 0 Å². The lowest BCUT2D eigenvalue weighted by molar-refractivity contribution is -0.150. The molecule has 1 spiro atoms. The van der Waals surface area contributed by atoms with E-state index in [-0.39, 0.29) is 5.41 Å². The first-order valence-corrected chi connectivity index (χ1v) is 4.82. The summed E-state index contributed by atoms with van der Waals surface area (Å²) in [7, 11) is 0. The van der Waals surface area contributed by atoms with Crippen LogP contribution in [-0.4, -0.2) is 5.78 Å². The Hall–Kier alpha value is -0.590. The second kappa shape index (κ2) is 2.21. The second-order valence-electron chi connectivity index (χ2n) is 4.49. The molecule has 0 saturated heterocycles. The fourth-order valence-electron chi connectivity index (χ4n) is 2.94. The largest absolute Gasteiger partial charge is 0.299 e. The number of hydrogen-bond donors (Lipinski definition) is 0. The van der Waals surface area contributed by atoms with Gasteiger partial charge in [0.1, 0.15) is 5.78 Å². The van der Waals surface area contributed by atoms with Crippen molar-refractivity contribution in [3.05, 3.63) is 12.7 Å². The molecule has 1 atom stereocenters. The third-order valence-corrected chi connectivity index (χ3v) is 4.15. The summed E-state index contributed by atoms with van der Waals surface area (Å²) in [6.07, 6.45) is 7.77. The summed E-state index contributed by atoms with van der Waals surface area (Å²) in [6.45, 7) is 5.87. The Morgan fingerprint density at radius 2 is 2.00 bits per heavy atom. The molecular weight excluding hydrogens is 148 g/mol. The number of allylic oxidation sites excluding steroid dienone is 1. The van der Waals surface area contributed by atoms with Crippen LogP contribution >= 0.6 is 0 Å². The molecule has 0 radical (unpaired) electrons. The van der Waals surface area contributed by atoms with Gasteiger partial charge in [-0.25, -0.2) is 0 Å². The maximum atomic E-state index is 11.5. The highest BCUT2D eigenvalue weighted by molar-refractivity contribution is 5.94. The Balaban J connectivity index is 2.30. The molecule has 0 unspecified atom stereocenters. The van der Waals surface area contributed by atoms with Crippen molar-refractivity contribution >= 4 is 5.78 Å². The van der Waals surface area contributed by atoms with Crippen LogP contribution in [0.4, 0.5) is 0 Å². The van der Waals surface area contributed by atoms with Gasteiger partial charge in [0, 0.05) is 11.8 Å². The van der Waals surface area contributed by atoms with E-state index >= 15 is 0 Å². The van der Waals surface area contributed by atoms with Gasteiger partial charge in [-0.3, -0.25) is 4.79 Å². The minimum atomic E-state index is -0.177. The number of rotatable bonds is 1. The van der Waals surface area contributed by atoms with Gasteiger partial charge in [-0.2, -0.15) is 0 Å². The van der Waals surface area contributed by atoms with Gasteiger partial charge in [0.25, 0.3) is 0 Å². The molecule has 2 rings (SSSR count). The highest BCUT2D eigenvalue weighted by Gasteiger charge is 2.61. The zero-order valence-electron chi connectivity index (χ0n) is 7.73. The Bertz CT molecular complexity index is 235. The molecule has 0 aromatic rings. The van der Waals surface area contributed by atoms with Crippen LogP contribution in [-0.2, 0) is 4.79 Å². The van der Waals surface area contributed by atoms with E-state index in [0.717, 1.165) is 6.42 Å². The first kappa shape index (κ1) is 8.03. The van der Waals surface area contributed by atoms with Gasteiger partial charge >= 0.3 is 0 Å². The molecule has 0 bridgehead atoms. The van der Waals surface area contributed by atoms with Crippen LogP contribution in [0.25, 0.3) is 0 Å². The molecule has 1 heteroatoms. The average molecular weight is 164 g/mol. The van der Waals surface area contributed by atoms with Gasteiger partial charge in [0.15, 0.2) is 0 Å². The number of hydrogen-bond acceptors (Lipinski definition) is 1. The molecule has 66 valence electrons. The monoisotopic (exact) mass is 164 g/mol. The van der Waals surface area contributed by atoms with Crippen LogP contribution < -0.4 is 0 Å². The lowest BCUT2D eigenvalue weighted by Gasteiger charge is -2.53. The third kappa shape index (κ3) is 0.675. The van der Waals surface area contributed by atoms with Crippen molar-refractivity contribution in [2.75, 3.05) is 0 Å². The minimum absolute atomic E-state index is 0.177. The zero-order valence-corrected chi connectivity index (χ0v) is 7.73. The van der Waals surface area contributed by atoms with E-state index in [9.17, 15) is 4.79 Å². The highest BCUT2D eigenvalue weighted by atomic mass is 16.1. The number of carbonyl (C=O) groups is 1. The standard InChI is InChI=1S/C11H16O/c1-3-10(2)9(12)8-11(10)6-4-5-7-11/h3H,1,4-8H2,2H3/t10-/m1/s1. The van der Waals surface area contributed by atoms with Gasteiger partial charge in [-0.1, -0.05) is 18.9 Å². The van der Waals surface area contributed by atoms with E-state index in [1.807, 2.05) is 6.08 Å². The summed E-state index contributed by atoms with van der Waals surface area (Å²) in [5.74, 6) is 0.402. The SMILES string of the molecule is C=C[C@]1(C)C(=O)CC12CCCC2. The summed E-state index contributed by atoms with van der Waals surface area (Å²) in [4.78, 5) is 11.5. The molecule has 0 amide bonds. The first-order valence-electron chi connectivity index (χ1n) is 4.82. The maximum Gasteiger partial charge on any atom is 0.143 e. The Labute approximate surface area is 73.8 Å². The van der Waals surface area contributed by atoms with Crippen molar-refractivity contribution in [1.82, 2.24) is 0 Å². The fourth-order valence-corrected chi connectivity index (χ4v) is 2.94. The van der Waals surface area contributed by atoms with Gasteiger partial charge in [0.05, 0.1) is 0 Å². The number of carbonyl (C=O) groups excluding carboxylic acids is 1. The van der Waals surface area contributed by atoms with E-state index in [1.54, 1.807) is 0 Å². The molecule has 12 heavy (non-hydrogen) atoms. The lowest BCUT2D eigenvalue weighted by atomic mass is 9.48. The first-order chi connectivity index (χ1) is 5.65. The van der Waals surface area contributed by atoms with Crippen LogP contribution in [0.15, 0.2) is 12.7 Å². The molecular formula is C11H16O. The van der Waals surface area contributed by atoms with Crippen molar-refractivity contribution in [2.24, 2.45) is 10.8 Å². The minimum Gasteiger partial charge on any atom is -0.299 e. The lowest BCUT2D eigenvalue weighted by Crippen LogP contribution is -2.54. The molecule has 0 aromatic carbocycles. The van der Waals surface area contributed by atoms with E-state index in [4.69, 9.17) is 0 Å². The molecule has 1 nitrogen and oxygen atoms in total. The molecule has 2 aliphatic rings. The Morgan fingerprint density at radius 1 is 1.42 bits per heavy atom. The zero-order chi connectivity index (χ0) is 8.82. The molecule has 0 aromatic heterocycles. The van der Waals surface area contributed by atoms with Crippen molar-refractivity contribution in [3.63, 3.8) is 0 Å². The summed E-state index contributed by atoms with van der Waals surface area (Å²) >= 11 is 0. The smallest absolute Gasteiger partial charge is 0.143 e. The molecule has 2 fully saturated rings. The fraction of sp³-hybridized carbons (Fsp3) is 0.727. The maximum absolute atomic E-state index is 11.5. The molecule has 2 aliphatic carbocycles. The van der Waals surface area contributed by atoms with E-state index in [1.165, 1.54) is 25.7 Å². The Kier molecular flexibility index (Phi) is 1.48. The van der Waals surface area contributed by atoms with Gasteiger partial charge in [0.2, 0.25) is 0 Å². The predicted molar refractivity (Wildman–Crippen MR) is 48.8 cm³/mol. The highest BCUT2D eigenvalue weighted by Crippen LogP contribution is 2.62. The van der Waals surface area contributed by atoms with E-state index in [2.05, 4.69) is 13.5 Å². The Morgan fingerprint density at radius 3 is 2.42 bits per heavy atom. The quantitative estimate of drug-likeness (QED) is 0.544. The van der Waals surface area contributed by atoms with Crippen molar-refractivity contribution in [3.8, 4) is 0 Å².